The summed E-state index contributed by atoms with van der Waals surface area (Å²) in [6.07, 6.45) is 4.06. The molecule has 0 aliphatic carbocycles. The number of unbranched alkanes of at least 4 members (excludes halogenated alkanes) is 1. The molecule has 0 amide bonds. The topological polar surface area (TPSA) is 19.9 Å². The molecule has 1 nitrogen and oxygen atoms in total. The summed E-state index contributed by atoms with van der Waals surface area (Å²) in [6, 6.07) is 15.9. The summed E-state index contributed by atoms with van der Waals surface area (Å²) in [5.41, 5.74) is 3.39. The summed E-state index contributed by atoms with van der Waals surface area (Å²) in [5.74, 6) is 0.174. The summed E-state index contributed by atoms with van der Waals surface area (Å²) in [7, 11) is 0. The van der Waals surface area contributed by atoms with Gasteiger partial charge in [0.05, 0.1) is 0 Å². The highest BCUT2D eigenvalue weighted by Crippen LogP contribution is 2.26. The minimum atomic E-state index is 0.174. The zero-order valence-corrected chi connectivity index (χ0v) is 10.9. The van der Waals surface area contributed by atoms with Gasteiger partial charge in [0.1, 0.15) is 0 Å². The molecule has 0 saturated heterocycles. The van der Waals surface area contributed by atoms with E-state index in [0.717, 1.165) is 31.2 Å². The second kappa shape index (κ2) is 6.25. The van der Waals surface area contributed by atoms with Gasteiger partial charge in [-0.2, -0.15) is 0 Å². The summed E-state index contributed by atoms with van der Waals surface area (Å²) < 4.78 is 0. The SMILES string of the molecule is CCCCc1cccc([O])c1Cc1ccccc1. The van der Waals surface area contributed by atoms with Crippen molar-refractivity contribution in [3.63, 3.8) is 0 Å². The van der Waals surface area contributed by atoms with Crippen LogP contribution in [0.4, 0.5) is 0 Å². The zero-order valence-electron chi connectivity index (χ0n) is 10.9. The fourth-order valence-corrected chi connectivity index (χ4v) is 2.21. The lowest BCUT2D eigenvalue weighted by atomic mass is 9.95. The van der Waals surface area contributed by atoms with Crippen LogP contribution in [-0.4, -0.2) is 0 Å². The molecule has 0 bridgehead atoms. The van der Waals surface area contributed by atoms with Gasteiger partial charge in [-0.05, 0) is 30.0 Å². The van der Waals surface area contributed by atoms with Crippen molar-refractivity contribution in [1.29, 1.82) is 0 Å². The molecular weight excluding hydrogens is 220 g/mol. The van der Waals surface area contributed by atoms with Crippen LogP contribution < -0.4 is 0 Å². The lowest BCUT2D eigenvalue weighted by molar-refractivity contribution is 0.350. The standard InChI is InChI=1S/C17H19O/c1-2-3-10-15-11-7-12-17(18)16(15)13-14-8-5-4-6-9-14/h4-9,11-12H,2-3,10,13H2,1H3. The monoisotopic (exact) mass is 239 g/mol. The number of hydrogen-bond donors (Lipinski definition) is 0. The van der Waals surface area contributed by atoms with Crippen molar-refractivity contribution in [3.8, 4) is 5.75 Å². The first-order valence-electron chi connectivity index (χ1n) is 6.63. The Morgan fingerprint density at radius 3 is 2.44 bits per heavy atom. The average molecular weight is 239 g/mol. The largest absolute Gasteiger partial charge is 0.290 e. The summed E-state index contributed by atoms with van der Waals surface area (Å²) >= 11 is 0. The molecule has 0 fully saturated rings. The van der Waals surface area contributed by atoms with Gasteiger partial charge in [0.15, 0.2) is 5.75 Å². The maximum absolute atomic E-state index is 12.0. The van der Waals surface area contributed by atoms with E-state index in [1.807, 2.05) is 24.3 Å². The van der Waals surface area contributed by atoms with Crippen molar-refractivity contribution in [3.05, 3.63) is 65.2 Å². The Balaban J connectivity index is 2.25. The Morgan fingerprint density at radius 2 is 1.72 bits per heavy atom. The van der Waals surface area contributed by atoms with Crippen molar-refractivity contribution in [1.82, 2.24) is 0 Å². The minimum Gasteiger partial charge on any atom is -0.290 e. The van der Waals surface area contributed by atoms with E-state index in [2.05, 4.69) is 25.1 Å². The Morgan fingerprint density at radius 1 is 0.944 bits per heavy atom. The molecule has 0 unspecified atom stereocenters. The zero-order chi connectivity index (χ0) is 12.8. The molecule has 2 aromatic carbocycles. The van der Waals surface area contributed by atoms with Gasteiger partial charge >= 0.3 is 0 Å². The molecule has 0 aliphatic heterocycles. The first-order chi connectivity index (χ1) is 8.81. The van der Waals surface area contributed by atoms with Gasteiger partial charge in [-0.25, -0.2) is 0 Å². The van der Waals surface area contributed by atoms with Crippen LogP contribution in [0.5, 0.6) is 5.75 Å². The van der Waals surface area contributed by atoms with E-state index in [1.165, 1.54) is 11.1 Å². The van der Waals surface area contributed by atoms with Crippen LogP contribution in [0.15, 0.2) is 48.5 Å². The molecular formula is C17H19O. The molecule has 1 radical (unpaired) electrons. The third-order valence-corrected chi connectivity index (χ3v) is 3.25. The maximum Gasteiger partial charge on any atom is 0.182 e. The van der Waals surface area contributed by atoms with Crippen LogP contribution in [-0.2, 0) is 17.9 Å². The van der Waals surface area contributed by atoms with E-state index in [4.69, 9.17) is 0 Å². The van der Waals surface area contributed by atoms with Crippen molar-refractivity contribution in [2.45, 2.75) is 32.6 Å². The third kappa shape index (κ3) is 3.13. The van der Waals surface area contributed by atoms with Crippen LogP contribution in [0.1, 0.15) is 36.5 Å². The van der Waals surface area contributed by atoms with E-state index in [9.17, 15) is 5.11 Å². The molecule has 0 atom stereocenters. The molecule has 0 heterocycles. The van der Waals surface area contributed by atoms with Crippen LogP contribution in [0, 0.1) is 0 Å². The number of aryl methyl sites for hydroxylation is 1. The van der Waals surface area contributed by atoms with Crippen LogP contribution in [0.2, 0.25) is 0 Å². The lowest BCUT2D eigenvalue weighted by Crippen LogP contribution is -1.96. The van der Waals surface area contributed by atoms with E-state index < -0.39 is 0 Å². The maximum atomic E-state index is 12.0. The molecule has 18 heavy (non-hydrogen) atoms. The average Bonchev–Trinajstić information content (AvgIpc) is 2.41. The molecule has 0 N–H and O–H groups in total. The fourth-order valence-electron chi connectivity index (χ4n) is 2.21. The van der Waals surface area contributed by atoms with E-state index >= 15 is 0 Å². The van der Waals surface area contributed by atoms with E-state index in [0.29, 0.717) is 0 Å². The molecule has 93 valence electrons. The highest BCUT2D eigenvalue weighted by atomic mass is 16.3. The van der Waals surface area contributed by atoms with Crippen molar-refractivity contribution >= 4 is 0 Å². The predicted octanol–water partition coefficient (Wildman–Crippen LogP) is 4.76. The fraction of sp³-hybridized carbons (Fsp3) is 0.294. The number of rotatable bonds is 5. The van der Waals surface area contributed by atoms with Gasteiger partial charge in [-0.15, -0.1) is 0 Å². The van der Waals surface area contributed by atoms with Gasteiger partial charge in [-0.3, -0.25) is 5.11 Å². The van der Waals surface area contributed by atoms with Crippen molar-refractivity contribution in [2.24, 2.45) is 0 Å². The smallest absolute Gasteiger partial charge is 0.182 e. The number of benzene rings is 2. The first kappa shape index (κ1) is 12.7. The third-order valence-electron chi connectivity index (χ3n) is 3.25. The Kier molecular flexibility index (Phi) is 4.40. The van der Waals surface area contributed by atoms with Crippen LogP contribution >= 0.6 is 0 Å². The van der Waals surface area contributed by atoms with Crippen molar-refractivity contribution in [2.75, 3.05) is 0 Å². The molecule has 2 rings (SSSR count). The van der Waals surface area contributed by atoms with Crippen molar-refractivity contribution < 1.29 is 5.11 Å². The highest BCUT2D eigenvalue weighted by Gasteiger charge is 2.09. The lowest BCUT2D eigenvalue weighted by Gasteiger charge is -2.10. The van der Waals surface area contributed by atoms with E-state index in [-0.39, 0.29) is 5.75 Å². The van der Waals surface area contributed by atoms with Gasteiger partial charge in [-0.1, -0.05) is 55.8 Å². The molecule has 0 aliphatic rings. The highest BCUT2D eigenvalue weighted by molar-refractivity contribution is 5.42. The van der Waals surface area contributed by atoms with Gasteiger partial charge in [0, 0.05) is 12.0 Å². The first-order valence-corrected chi connectivity index (χ1v) is 6.63. The molecule has 0 aromatic heterocycles. The van der Waals surface area contributed by atoms with E-state index in [1.54, 1.807) is 6.07 Å². The molecule has 0 saturated carbocycles. The van der Waals surface area contributed by atoms with Gasteiger partial charge in [0.25, 0.3) is 0 Å². The van der Waals surface area contributed by atoms with Crippen LogP contribution in [0.25, 0.3) is 0 Å². The minimum absolute atomic E-state index is 0.174. The summed E-state index contributed by atoms with van der Waals surface area (Å²) in [4.78, 5) is 0. The summed E-state index contributed by atoms with van der Waals surface area (Å²) in [6.45, 7) is 2.18. The Bertz CT molecular complexity index is 488. The van der Waals surface area contributed by atoms with Crippen LogP contribution in [0.3, 0.4) is 0 Å². The molecule has 1 heteroatoms. The van der Waals surface area contributed by atoms with Gasteiger partial charge in [0.2, 0.25) is 0 Å². The quantitative estimate of drug-likeness (QED) is 0.716. The molecule has 2 aromatic rings. The molecule has 0 spiro atoms. The second-order valence-electron chi connectivity index (χ2n) is 4.66. The summed E-state index contributed by atoms with van der Waals surface area (Å²) in [5, 5.41) is 12.0. The predicted molar refractivity (Wildman–Crippen MR) is 74.4 cm³/mol. The Labute approximate surface area is 109 Å². The van der Waals surface area contributed by atoms with Gasteiger partial charge < -0.3 is 0 Å². The normalized spacial score (nSPS) is 10.5. The second-order valence-corrected chi connectivity index (χ2v) is 4.66. The Hall–Kier alpha value is -1.76. The number of hydrogen-bond acceptors (Lipinski definition) is 0.